The molecular weight excluding hydrogens is 236 g/mol. The number of hydrogen-bond donors (Lipinski definition) is 2. The van der Waals surface area contributed by atoms with Crippen LogP contribution in [0.1, 0.15) is 18.9 Å². The van der Waals surface area contributed by atoms with E-state index >= 15 is 0 Å². The molecule has 18 heavy (non-hydrogen) atoms. The van der Waals surface area contributed by atoms with Crippen LogP contribution in [0.4, 0.5) is 11.5 Å². The van der Waals surface area contributed by atoms with E-state index in [1.165, 1.54) is 6.20 Å². The summed E-state index contributed by atoms with van der Waals surface area (Å²) in [4.78, 5) is 25.3. The Bertz CT molecular complexity index is 448. The van der Waals surface area contributed by atoms with Gasteiger partial charge >= 0.3 is 0 Å². The molecule has 0 spiro atoms. The summed E-state index contributed by atoms with van der Waals surface area (Å²) in [5, 5.41) is 16.1. The van der Waals surface area contributed by atoms with E-state index in [0.717, 1.165) is 6.42 Å². The molecule has 0 fully saturated rings. The molecule has 1 heterocycles. The Hall–Kier alpha value is -2.18. The van der Waals surface area contributed by atoms with Crippen LogP contribution in [-0.4, -0.2) is 28.9 Å². The lowest BCUT2D eigenvalue weighted by Crippen LogP contribution is -2.30. The number of hydrogen-bond acceptors (Lipinski definition) is 5. The van der Waals surface area contributed by atoms with E-state index in [-0.39, 0.29) is 18.1 Å². The van der Waals surface area contributed by atoms with Gasteiger partial charge in [-0.2, -0.15) is 0 Å². The van der Waals surface area contributed by atoms with E-state index in [0.29, 0.717) is 17.9 Å². The van der Waals surface area contributed by atoms with Crippen LogP contribution in [-0.2, 0) is 4.79 Å². The molecule has 0 atom stereocenters. The van der Waals surface area contributed by atoms with Gasteiger partial charge in [-0.25, -0.2) is 4.98 Å². The Morgan fingerprint density at radius 3 is 2.83 bits per heavy atom. The van der Waals surface area contributed by atoms with E-state index in [1.54, 1.807) is 13.0 Å². The van der Waals surface area contributed by atoms with Crippen molar-refractivity contribution in [3.05, 3.63) is 27.9 Å². The van der Waals surface area contributed by atoms with Crippen molar-refractivity contribution < 1.29 is 9.72 Å². The van der Waals surface area contributed by atoms with Crippen molar-refractivity contribution in [3.8, 4) is 0 Å². The molecule has 1 aromatic heterocycles. The van der Waals surface area contributed by atoms with Crippen LogP contribution < -0.4 is 10.6 Å². The number of nitro groups is 1. The lowest BCUT2D eigenvalue weighted by atomic mass is 10.2. The molecule has 0 radical (unpaired) electrons. The zero-order valence-electron chi connectivity index (χ0n) is 10.4. The molecule has 0 saturated heterocycles. The van der Waals surface area contributed by atoms with E-state index in [4.69, 9.17) is 0 Å². The van der Waals surface area contributed by atoms with Gasteiger partial charge in [0, 0.05) is 12.1 Å². The molecule has 7 nitrogen and oxygen atoms in total. The first kappa shape index (κ1) is 13.9. The zero-order chi connectivity index (χ0) is 13.5. The highest BCUT2D eigenvalue weighted by Crippen LogP contribution is 2.18. The van der Waals surface area contributed by atoms with Gasteiger partial charge < -0.3 is 10.6 Å². The van der Waals surface area contributed by atoms with Crippen LogP contribution in [0.5, 0.6) is 0 Å². The normalized spacial score (nSPS) is 9.89. The lowest BCUT2D eigenvalue weighted by Gasteiger charge is -2.06. The standard InChI is InChI=1S/C11H16N4O3/c1-3-4-12-11(16)7-14-10-5-8(2)9(6-13-10)15(17)18/h5-6H,3-4,7H2,1-2H3,(H,12,16)(H,13,14). The van der Waals surface area contributed by atoms with Gasteiger partial charge in [0.25, 0.3) is 5.69 Å². The maximum Gasteiger partial charge on any atom is 0.290 e. The van der Waals surface area contributed by atoms with E-state index in [9.17, 15) is 14.9 Å². The van der Waals surface area contributed by atoms with E-state index in [2.05, 4.69) is 15.6 Å². The van der Waals surface area contributed by atoms with Gasteiger partial charge in [-0.1, -0.05) is 6.92 Å². The summed E-state index contributed by atoms with van der Waals surface area (Å²) in [5.74, 6) is 0.319. The number of pyridine rings is 1. The molecular formula is C11H16N4O3. The summed E-state index contributed by atoms with van der Waals surface area (Å²) < 4.78 is 0. The quantitative estimate of drug-likeness (QED) is 0.586. The maximum atomic E-state index is 11.3. The Balaban J connectivity index is 2.56. The molecule has 7 heteroatoms. The molecule has 98 valence electrons. The third-order valence-electron chi connectivity index (χ3n) is 2.28. The molecule has 1 rings (SSSR count). The highest BCUT2D eigenvalue weighted by Gasteiger charge is 2.11. The Labute approximate surface area is 105 Å². The van der Waals surface area contributed by atoms with Crippen molar-refractivity contribution in [2.24, 2.45) is 0 Å². The molecule has 0 aliphatic rings. The number of nitrogens with one attached hydrogen (secondary N) is 2. The lowest BCUT2D eigenvalue weighted by molar-refractivity contribution is -0.385. The summed E-state index contributed by atoms with van der Waals surface area (Å²) in [6.45, 7) is 4.33. The Morgan fingerprint density at radius 2 is 2.28 bits per heavy atom. The third kappa shape index (κ3) is 4.00. The van der Waals surface area contributed by atoms with Crippen LogP contribution in [0.25, 0.3) is 0 Å². The zero-order valence-corrected chi connectivity index (χ0v) is 10.4. The fraction of sp³-hybridized carbons (Fsp3) is 0.455. The first-order valence-electron chi connectivity index (χ1n) is 5.66. The first-order valence-corrected chi connectivity index (χ1v) is 5.66. The monoisotopic (exact) mass is 252 g/mol. The molecule has 1 aromatic rings. The van der Waals surface area contributed by atoms with E-state index in [1.807, 2.05) is 6.92 Å². The smallest absolute Gasteiger partial charge is 0.290 e. The van der Waals surface area contributed by atoms with Crippen molar-refractivity contribution in [1.29, 1.82) is 0 Å². The predicted molar refractivity (Wildman–Crippen MR) is 67.4 cm³/mol. The Morgan fingerprint density at radius 1 is 1.56 bits per heavy atom. The van der Waals surface area contributed by atoms with Crippen LogP contribution in [0.3, 0.4) is 0 Å². The highest BCUT2D eigenvalue weighted by atomic mass is 16.6. The molecule has 0 unspecified atom stereocenters. The van der Waals surface area contributed by atoms with Crippen molar-refractivity contribution >= 4 is 17.4 Å². The first-order chi connectivity index (χ1) is 8.54. The van der Waals surface area contributed by atoms with Crippen molar-refractivity contribution in [2.45, 2.75) is 20.3 Å². The maximum absolute atomic E-state index is 11.3. The van der Waals surface area contributed by atoms with Crippen LogP contribution in [0, 0.1) is 17.0 Å². The number of rotatable bonds is 6. The number of nitrogens with zero attached hydrogens (tertiary/aromatic N) is 2. The minimum atomic E-state index is -0.486. The number of carbonyl (C=O) groups excluding carboxylic acids is 1. The molecule has 0 aromatic carbocycles. The SMILES string of the molecule is CCCNC(=O)CNc1cc(C)c([N+](=O)[O-])cn1. The second-order valence-corrected chi connectivity index (χ2v) is 3.82. The fourth-order valence-electron chi connectivity index (χ4n) is 1.33. The number of amides is 1. The summed E-state index contributed by atoms with van der Waals surface area (Å²) in [7, 11) is 0. The molecule has 0 bridgehead atoms. The minimum absolute atomic E-state index is 0.0315. The second-order valence-electron chi connectivity index (χ2n) is 3.82. The topological polar surface area (TPSA) is 97.2 Å². The summed E-state index contributed by atoms with van der Waals surface area (Å²) in [6.07, 6.45) is 2.06. The van der Waals surface area contributed by atoms with Crippen LogP contribution >= 0.6 is 0 Å². The minimum Gasteiger partial charge on any atom is -0.361 e. The number of anilines is 1. The summed E-state index contributed by atoms with van der Waals surface area (Å²) >= 11 is 0. The van der Waals surface area contributed by atoms with Crippen molar-refractivity contribution in [1.82, 2.24) is 10.3 Å². The predicted octanol–water partition coefficient (Wildman–Crippen LogP) is 1.24. The van der Waals surface area contributed by atoms with E-state index < -0.39 is 4.92 Å². The summed E-state index contributed by atoms with van der Waals surface area (Å²) in [6, 6.07) is 1.55. The summed E-state index contributed by atoms with van der Waals surface area (Å²) in [5.41, 5.74) is 0.474. The highest BCUT2D eigenvalue weighted by molar-refractivity contribution is 5.80. The molecule has 2 N–H and O–H groups in total. The van der Waals surface area contributed by atoms with Gasteiger partial charge in [-0.3, -0.25) is 14.9 Å². The average molecular weight is 252 g/mol. The fourth-order valence-corrected chi connectivity index (χ4v) is 1.33. The number of carbonyl (C=O) groups is 1. The second kappa shape index (κ2) is 6.53. The van der Waals surface area contributed by atoms with Gasteiger partial charge in [0.1, 0.15) is 12.0 Å². The third-order valence-corrected chi connectivity index (χ3v) is 2.28. The molecule has 0 aliphatic carbocycles. The molecule has 0 aliphatic heterocycles. The van der Waals surface area contributed by atoms with Crippen LogP contribution in [0.2, 0.25) is 0 Å². The van der Waals surface area contributed by atoms with Gasteiger partial charge in [0.15, 0.2) is 0 Å². The van der Waals surface area contributed by atoms with Crippen LogP contribution in [0.15, 0.2) is 12.3 Å². The van der Waals surface area contributed by atoms with Gasteiger partial charge in [-0.05, 0) is 19.4 Å². The largest absolute Gasteiger partial charge is 0.361 e. The molecule has 1 amide bonds. The van der Waals surface area contributed by atoms with Crippen molar-refractivity contribution in [2.75, 3.05) is 18.4 Å². The Kier molecular flexibility index (Phi) is 5.04. The number of aryl methyl sites for hydroxylation is 1. The number of aromatic nitrogens is 1. The van der Waals surface area contributed by atoms with Gasteiger partial charge in [0.2, 0.25) is 5.91 Å². The average Bonchev–Trinajstić information content (AvgIpc) is 2.33. The van der Waals surface area contributed by atoms with Crippen molar-refractivity contribution in [3.63, 3.8) is 0 Å². The molecule has 0 saturated carbocycles. The van der Waals surface area contributed by atoms with Gasteiger partial charge in [0.05, 0.1) is 11.5 Å². The van der Waals surface area contributed by atoms with Gasteiger partial charge in [-0.15, -0.1) is 0 Å².